The highest BCUT2D eigenvalue weighted by Crippen LogP contribution is 2.41. The number of hydrogen-bond acceptors (Lipinski definition) is 1. The van der Waals surface area contributed by atoms with Crippen molar-refractivity contribution in [2.45, 2.75) is 53.9 Å². The molecule has 0 bridgehead atoms. The molecule has 17 heavy (non-hydrogen) atoms. The first-order valence-electron chi connectivity index (χ1n) is 6.55. The Kier molecular flexibility index (Phi) is 4.76. The van der Waals surface area contributed by atoms with E-state index in [0.717, 1.165) is 0 Å². The van der Waals surface area contributed by atoms with Crippen molar-refractivity contribution in [1.82, 2.24) is 0 Å². The van der Waals surface area contributed by atoms with Crippen LogP contribution in [0.3, 0.4) is 0 Å². The van der Waals surface area contributed by atoms with Crippen molar-refractivity contribution in [2.24, 2.45) is 5.41 Å². The molecule has 1 heteroatoms. The third kappa shape index (κ3) is 3.57. The van der Waals surface area contributed by atoms with Crippen LogP contribution in [-0.4, -0.2) is 11.7 Å². The van der Waals surface area contributed by atoms with Gasteiger partial charge in [-0.3, -0.25) is 0 Å². The van der Waals surface area contributed by atoms with Crippen LogP contribution in [0.5, 0.6) is 0 Å². The van der Waals surface area contributed by atoms with E-state index in [1.807, 2.05) is 6.08 Å². The van der Waals surface area contributed by atoms with E-state index in [9.17, 15) is 0 Å². The molecule has 0 unspecified atom stereocenters. The minimum absolute atomic E-state index is 0.123. The smallest absolute Gasteiger partial charge is 0.0618 e. The quantitative estimate of drug-likeness (QED) is 0.718. The van der Waals surface area contributed by atoms with Crippen LogP contribution >= 0.6 is 0 Å². The molecule has 0 aromatic rings. The first-order valence-corrected chi connectivity index (χ1v) is 6.55. The van der Waals surface area contributed by atoms with Crippen LogP contribution in [0.15, 0.2) is 34.4 Å². The first-order chi connectivity index (χ1) is 7.88. The molecule has 0 fully saturated rings. The van der Waals surface area contributed by atoms with Crippen molar-refractivity contribution in [3.8, 4) is 0 Å². The zero-order valence-electron chi connectivity index (χ0n) is 11.9. The Labute approximate surface area is 106 Å². The monoisotopic (exact) mass is 234 g/mol. The molecule has 0 heterocycles. The summed E-state index contributed by atoms with van der Waals surface area (Å²) in [4.78, 5) is 0. The molecule has 1 N–H and O–H groups in total. The lowest BCUT2D eigenvalue weighted by molar-refractivity contribution is 0.342. The highest BCUT2D eigenvalue weighted by atomic mass is 16.2. The SMILES string of the molecule is CC1=C(/C=C(C)/C(C)=C/CO)C(C)(C)CCC1. The second kappa shape index (κ2) is 5.68. The van der Waals surface area contributed by atoms with Crippen LogP contribution in [0.4, 0.5) is 0 Å². The van der Waals surface area contributed by atoms with Gasteiger partial charge in [-0.05, 0) is 62.2 Å². The average Bonchev–Trinajstić information content (AvgIpc) is 2.23. The third-order valence-corrected chi connectivity index (χ3v) is 3.92. The van der Waals surface area contributed by atoms with Crippen LogP contribution in [0.25, 0.3) is 0 Å². The van der Waals surface area contributed by atoms with Crippen molar-refractivity contribution in [1.29, 1.82) is 0 Å². The summed E-state index contributed by atoms with van der Waals surface area (Å²) < 4.78 is 0. The lowest BCUT2D eigenvalue weighted by atomic mass is 9.72. The average molecular weight is 234 g/mol. The maximum atomic E-state index is 8.93. The molecule has 0 aliphatic heterocycles. The highest BCUT2D eigenvalue weighted by Gasteiger charge is 2.26. The Morgan fingerprint density at radius 3 is 2.47 bits per heavy atom. The van der Waals surface area contributed by atoms with Crippen molar-refractivity contribution in [3.63, 3.8) is 0 Å². The first kappa shape index (κ1) is 14.2. The topological polar surface area (TPSA) is 20.2 Å². The Hall–Kier alpha value is -0.820. The van der Waals surface area contributed by atoms with E-state index in [1.54, 1.807) is 0 Å². The van der Waals surface area contributed by atoms with Crippen LogP contribution in [-0.2, 0) is 0 Å². The van der Waals surface area contributed by atoms with Gasteiger partial charge in [-0.15, -0.1) is 0 Å². The number of hydrogen-bond donors (Lipinski definition) is 1. The molecule has 1 aliphatic carbocycles. The van der Waals surface area contributed by atoms with Crippen LogP contribution in [0.1, 0.15) is 53.9 Å². The van der Waals surface area contributed by atoms with Gasteiger partial charge in [0, 0.05) is 0 Å². The number of aliphatic hydroxyl groups excluding tert-OH is 1. The molecule has 0 aromatic heterocycles. The summed E-state index contributed by atoms with van der Waals surface area (Å²) in [5.74, 6) is 0. The van der Waals surface area contributed by atoms with E-state index >= 15 is 0 Å². The zero-order chi connectivity index (χ0) is 13.1. The fourth-order valence-corrected chi connectivity index (χ4v) is 2.59. The molecule has 0 radical (unpaired) electrons. The summed E-state index contributed by atoms with van der Waals surface area (Å²) in [5, 5.41) is 8.93. The van der Waals surface area contributed by atoms with Crippen molar-refractivity contribution in [3.05, 3.63) is 34.4 Å². The van der Waals surface area contributed by atoms with Crippen molar-refractivity contribution in [2.75, 3.05) is 6.61 Å². The molecule has 1 aliphatic rings. The summed E-state index contributed by atoms with van der Waals surface area (Å²) >= 11 is 0. The van der Waals surface area contributed by atoms with Crippen LogP contribution in [0, 0.1) is 5.41 Å². The molecular formula is C16H26O. The van der Waals surface area contributed by atoms with E-state index in [1.165, 1.54) is 41.6 Å². The van der Waals surface area contributed by atoms with Gasteiger partial charge in [0.2, 0.25) is 0 Å². The summed E-state index contributed by atoms with van der Waals surface area (Å²) in [6.07, 6.45) is 7.99. The van der Waals surface area contributed by atoms with E-state index < -0.39 is 0 Å². The molecule has 0 spiro atoms. The molecule has 0 amide bonds. The summed E-state index contributed by atoms with van der Waals surface area (Å²) in [6.45, 7) is 11.2. The van der Waals surface area contributed by atoms with Gasteiger partial charge in [0.15, 0.2) is 0 Å². The van der Waals surface area contributed by atoms with Crippen molar-refractivity contribution < 1.29 is 5.11 Å². The van der Waals surface area contributed by atoms with E-state index in [4.69, 9.17) is 5.11 Å². The molecule has 0 atom stereocenters. The molecule has 0 saturated carbocycles. The van der Waals surface area contributed by atoms with Gasteiger partial charge in [0.25, 0.3) is 0 Å². The fourth-order valence-electron chi connectivity index (χ4n) is 2.59. The molecule has 96 valence electrons. The van der Waals surface area contributed by atoms with Gasteiger partial charge in [0.1, 0.15) is 0 Å². The third-order valence-electron chi connectivity index (χ3n) is 3.92. The minimum Gasteiger partial charge on any atom is -0.392 e. The van der Waals surface area contributed by atoms with E-state index in [-0.39, 0.29) is 6.61 Å². The Bertz CT molecular complexity index is 367. The zero-order valence-corrected chi connectivity index (χ0v) is 11.9. The summed E-state index contributed by atoms with van der Waals surface area (Å²) in [6, 6.07) is 0. The predicted octanol–water partition coefficient (Wildman–Crippen LogP) is 4.40. The predicted molar refractivity (Wildman–Crippen MR) is 74.9 cm³/mol. The van der Waals surface area contributed by atoms with Gasteiger partial charge < -0.3 is 5.11 Å². The Balaban J connectivity index is 3.07. The lowest BCUT2D eigenvalue weighted by Crippen LogP contribution is -2.19. The number of rotatable bonds is 3. The largest absolute Gasteiger partial charge is 0.392 e. The van der Waals surface area contributed by atoms with E-state index in [2.05, 4.69) is 40.7 Å². The molecular weight excluding hydrogens is 208 g/mol. The van der Waals surface area contributed by atoms with Gasteiger partial charge in [-0.2, -0.15) is 0 Å². The lowest BCUT2D eigenvalue weighted by Gasteiger charge is -2.33. The second-order valence-electron chi connectivity index (χ2n) is 5.83. The van der Waals surface area contributed by atoms with Crippen LogP contribution in [0.2, 0.25) is 0 Å². The van der Waals surface area contributed by atoms with Crippen LogP contribution < -0.4 is 0 Å². The van der Waals surface area contributed by atoms with Crippen molar-refractivity contribution >= 4 is 0 Å². The van der Waals surface area contributed by atoms with Gasteiger partial charge in [-0.25, -0.2) is 0 Å². The summed E-state index contributed by atoms with van der Waals surface area (Å²) in [5.41, 5.74) is 5.75. The fraction of sp³-hybridized carbons (Fsp3) is 0.625. The molecule has 1 rings (SSSR count). The maximum Gasteiger partial charge on any atom is 0.0618 e. The van der Waals surface area contributed by atoms with Gasteiger partial charge in [0.05, 0.1) is 6.61 Å². The standard InChI is InChI=1S/C16H26O/c1-12(8-10-17)14(3)11-15-13(2)7-6-9-16(15,4)5/h8,11,17H,6-7,9-10H2,1-5H3/b12-8+,14-11+. The number of aliphatic hydroxyl groups is 1. The maximum absolute atomic E-state index is 8.93. The number of allylic oxidation sites excluding steroid dienone is 5. The molecule has 0 saturated heterocycles. The molecule has 0 aromatic carbocycles. The van der Waals surface area contributed by atoms with Gasteiger partial charge in [-0.1, -0.05) is 31.6 Å². The summed E-state index contributed by atoms with van der Waals surface area (Å²) in [7, 11) is 0. The minimum atomic E-state index is 0.123. The Morgan fingerprint density at radius 1 is 1.29 bits per heavy atom. The highest BCUT2D eigenvalue weighted by molar-refractivity contribution is 5.40. The second-order valence-corrected chi connectivity index (χ2v) is 5.83. The van der Waals surface area contributed by atoms with E-state index in [0.29, 0.717) is 5.41 Å². The van der Waals surface area contributed by atoms with Gasteiger partial charge >= 0.3 is 0 Å². The molecule has 1 nitrogen and oxygen atoms in total. The normalized spacial score (nSPS) is 22.0. The Morgan fingerprint density at radius 2 is 1.94 bits per heavy atom.